The van der Waals surface area contributed by atoms with Gasteiger partial charge in [-0.2, -0.15) is 0 Å². The van der Waals surface area contributed by atoms with Crippen molar-refractivity contribution >= 4 is 14.4 Å². The second kappa shape index (κ2) is 3.56. The molecule has 0 aromatic heterocycles. The predicted molar refractivity (Wildman–Crippen MR) is 30.7 cm³/mol. The summed E-state index contributed by atoms with van der Waals surface area (Å²) in [7, 11) is -0.720. The molecule has 0 spiro atoms. The van der Waals surface area contributed by atoms with Crippen LogP contribution in [-0.4, -0.2) is 16.7 Å². The summed E-state index contributed by atoms with van der Waals surface area (Å²) in [6.45, 7) is 1.70. The van der Waals surface area contributed by atoms with Crippen LogP contribution in [0.3, 0.4) is 0 Å². The van der Waals surface area contributed by atoms with E-state index in [1.807, 2.05) is 0 Å². The third-order valence-corrected chi connectivity index (χ3v) is 1.79. The van der Waals surface area contributed by atoms with E-state index in [-0.39, 0.29) is 0 Å². The van der Waals surface area contributed by atoms with Crippen molar-refractivity contribution in [2.45, 2.75) is 19.0 Å². The Labute approximate surface area is 48.9 Å². The van der Waals surface area contributed by atoms with Gasteiger partial charge in [0.1, 0.15) is 0 Å². The van der Waals surface area contributed by atoms with E-state index in [9.17, 15) is 9.36 Å². The topological polar surface area (TPSA) is 54.4 Å². The van der Waals surface area contributed by atoms with Crippen molar-refractivity contribution in [1.82, 2.24) is 0 Å². The van der Waals surface area contributed by atoms with Crippen LogP contribution < -0.4 is 0 Å². The maximum absolute atomic E-state index is 9.97. The minimum Gasteiger partial charge on any atom is -0.478 e. The zero-order valence-corrected chi connectivity index (χ0v) is 5.55. The van der Waals surface area contributed by atoms with E-state index in [4.69, 9.17) is 5.11 Å². The largest absolute Gasteiger partial charge is 0.478 e. The molecule has 46 valence electrons. The Morgan fingerprint density at radius 3 is 2.38 bits per heavy atom. The smallest absolute Gasteiger partial charge is 0.355 e. The first-order chi connectivity index (χ1) is 3.72. The minimum atomic E-state index is -0.971. The molecule has 0 fully saturated rings. The fraction of sp³-hybridized carbons (Fsp3) is 0.750. The molecule has 2 atom stereocenters. The van der Waals surface area contributed by atoms with Crippen LogP contribution in [0.2, 0.25) is 0 Å². The Kier molecular flexibility index (Phi) is 3.37. The van der Waals surface area contributed by atoms with Gasteiger partial charge in [-0.3, -0.25) is 0 Å². The molecule has 0 aliphatic carbocycles. The Morgan fingerprint density at radius 2 is 2.38 bits per heavy atom. The van der Waals surface area contributed by atoms with Crippen LogP contribution in [-0.2, 0) is 9.36 Å². The van der Waals surface area contributed by atoms with Crippen LogP contribution in [0.25, 0.3) is 0 Å². The molecule has 0 radical (unpaired) electrons. The van der Waals surface area contributed by atoms with Crippen molar-refractivity contribution in [2.24, 2.45) is 0 Å². The van der Waals surface area contributed by atoms with E-state index in [0.29, 0.717) is 6.42 Å². The SMILES string of the molecule is CCC([PH+]=O)C(=O)O. The average Bonchev–Trinajstić information content (AvgIpc) is 1.69. The predicted octanol–water partition coefficient (Wildman–Crippen LogP) is 0.874. The highest BCUT2D eigenvalue weighted by Crippen LogP contribution is 2.09. The molecule has 0 rings (SSSR count). The molecule has 0 aromatic rings. The third kappa shape index (κ3) is 2.03. The lowest BCUT2D eigenvalue weighted by atomic mass is 10.3. The van der Waals surface area contributed by atoms with Crippen molar-refractivity contribution in [1.29, 1.82) is 0 Å². The molecule has 4 heteroatoms. The van der Waals surface area contributed by atoms with Crippen molar-refractivity contribution in [3.05, 3.63) is 0 Å². The molecule has 8 heavy (non-hydrogen) atoms. The first-order valence-electron chi connectivity index (χ1n) is 2.32. The highest BCUT2D eigenvalue weighted by molar-refractivity contribution is 7.26. The Balaban J connectivity index is 3.69. The van der Waals surface area contributed by atoms with E-state index in [0.717, 1.165) is 0 Å². The van der Waals surface area contributed by atoms with Crippen molar-refractivity contribution in [2.75, 3.05) is 0 Å². The van der Waals surface area contributed by atoms with Gasteiger partial charge < -0.3 is 5.11 Å². The highest BCUT2D eigenvalue weighted by atomic mass is 31.1. The number of aliphatic carboxylic acids is 1. The van der Waals surface area contributed by atoms with Crippen LogP contribution in [0.1, 0.15) is 13.3 Å². The molecule has 0 amide bonds. The molecular formula is C4H8O3P+. The van der Waals surface area contributed by atoms with Gasteiger partial charge in [-0.25, -0.2) is 4.79 Å². The van der Waals surface area contributed by atoms with Gasteiger partial charge in [-0.15, -0.1) is 0 Å². The first kappa shape index (κ1) is 7.57. The minimum absolute atomic E-state index is 0.442. The van der Waals surface area contributed by atoms with E-state index in [2.05, 4.69) is 0 Å². The molecule has 0 saturated heterocycles. The second-order valence-electron chi connectivity index (χ2n) is 1.42. The molecule has 0 aromatic carbocycles. The van der Waals surface area contributed by atoms with Gasteiger partial charge in [0.2, 0.25) is 5.66 Å². The number of carbonyl (C=O) groups is 1. The maximum Gasteiger partial charge on any atom is 0.355 e. The Morgan fingerprint density at radius 1 is 1.88 bits per heavy atom. The number of carboxylic acids is 1. The Bertz CT molecular complexity index is 101. The zero-order valence-electron chi connectivity index (χ0n) is 4.55. The van der Waals surface area contributed by atoms with Crippen molar-refractivity contribution < 1.29 is 14.5 Å². The molecular weight excluding hydrogens is 127 g/mol. The van der Waals surface area contributed by atoms with E-state index in [1.54, 1.807) is 6.92 Å². The summed E-state index contributed by atoms with van der Waals surface area (Å²) in [6, 6.07) is 0. The lowest BCUT2D eigenvalue weighted by Crippen LogP contribution is -2.11. The summed E-state index contributed by atoms with van der Waals surface area (Å²) in [4.78, 5) is 9.97. The molecule has 0 aliphatic heterocycles. The molecule has 2 unspecified atom stereocenters. The van der Waals surface area contributed by atoms with Crippen LogP contribution in [0, 0.1) is 0 Å². The number of carboxylic acid groups (broad SMARTS) is 1. The molecule has 1 N–H and O–H groups in total. The van der Waals surface area contributed by atoms with Crippen LogP contribution in [0.5, 0.6) is 0 Å². The fourth-order valence-corrected chi connectivity index (χ4v) is 0.576. The molecule has 0 saturated carbocycles. The van der Waals surface area contributed by atoms with Gasteiger partial charge in [0, 0.05) is 6.42 Å². The molecule has 3 nitrogen and oxygen atoms in total. The number of hydrogen-bond acceptors (Lipinski definition) is 2. The Hall–Kier alpha value is -0.430. The lowest BCUT2D eigenvalue weighted by Gasteiger charge is -1.87. The summed E-state index contributed by atoms with van der Waals surface area (Å²) in [5, 5.41) is 8.18. The van der Waals surface area contributed by atoms with E-state index >= 15 is 0 Å². The van der Waals surface area contributed by atoms with Crippen LogP contribution in [0.15, 0.2) is 0 Å². The van der Waals surface area contributed by atoms with Gasteiger partial charge in [0.05, 0.1) is 0 Å². The third-order valence-electron chi connectivity index (χ3n) is 0.849. The summed E-state index contributed by atoms with van der Waals surface area (Å²) in [5.74, 6) is -0.971. The van der Waals surface area contributed by atoms with E-state index in [1.165, 1.54) is 0 Å². The molecule has 0 aliphatic rings. The zero-order chi connectivity index (χ0) is 6.57. The van der Waals surface area contributed by atoms with Crippen LogP contribution >= 0.6 is 8.46 Å². The normalized spacial score (nSPS) is 13.6. The number of rotatable bonds is 3. The van der Waals surface area contributed by atoms with Crippen molar-refractivity contribution in [3.63, 3.8) is 0 Å². The highest BCUT2D eigenvalue weighted by Gasteiger charge is 2.21. The van der Waals surface area contributed by atoms with Gasteiger partial charge in [0.25, 0.3) is 0 Å². The first-order valence-corrected chi connectivity index (χ1v) is 3.31. The van der Waals surface area contributed by atoms with Crippen LogP contribution in [0.4, 0.5) is 0 Å². The lowest BCUT2D eigenvalue weighted by molar-refractivity contribution is -0.136. The summed E-state index contributed by atoms with van der Waals surface area (Å²) in [6.07, 6.45) is 0.442. The number of hydrogen-bond donors (Lipinski definition) is 1. The fourth-order valence-electron chi connectivity index (χ4n) is 0.308. The van der Waals surface area contributed by atoms with Gasteiger partial charge >= 0.3 is 14.4 Å². The molecule has 0 bridgehead atoms. The standard InChI is InChI=1S/C4H7O3P/c1-2-3(8-7)4(5)6/h3H,2H2,1H3,(H,5,6)/p+1. The second-order valence-corrected chi connectivity index (χ2v) is 2.35. The summed E-state index contributed by atoms with van der Waals surface area (Å²) in [5.41, 5.74) is -0.657. The van der Waals surface area contributed by atoms with Gasteiger partial charge in [0.15, 0.2) is 0 Å². The van der Waals surface area contributed by atoms with Crippen molar-refractivity contribution in [3.8, 4) is 0 Å². The summed E-state index contributed by atoms with van der Waals surface area (Å²) < 4.78 is 9.95. The average molecular weight is 135 g/mol. The summed E-state index contributed by atoms with van der Waals surface area (Å²) >= 11 is 0. The monoisotopic (exact) mass is 135 g/mol. The van der Waals surface area contributed by atoms with E-state index < -0.39 is 20.1 Å². The quantitative estimate of drug-likeness (QED) is 0.584. The van der Waals surface area contributed by atoms with Gasteiger partial charge in [-0.1, -0.05) is 11.5 Å². The van der Waals surface area contributed by atoms with Gasteiger partial charge in [-0.05, 0) is 0 Å². The molecule has 0 heterocycles. The maximum atomic E-state index is 9.97.